The number of nitrogens with one attached hydrogen (secondary N) is 1. The fraction of sp³-hybridized carbons (Fsp3) is 0.538. The summed E-state index contributed by atoms with van der Waals surface area (Å²) in [6, 6.07) is 9.03. The van der Waals surface area contributed by atoms with Gasteiger partial charge in [-0.05, 0) is 44.6 Å². The molecule has 1 amide bonds. The van der Waals surface area contributed by atoms with Crippen molar-refractivity contribution in [2.45, 2.75) is 89.1 Å². The monoisotopic (exact) mass is 480 g/mol. The van der Waals surface area contributed by atoms with Crippen molar-refractivity contribution in [1.82, 2.24) is 24.5 Å². The molecule has 34 heavy (non-hydrogen) atoms. The average Bonchev–Trinajstić information content (AvgIpc) is 3.50. The van der Waals surface area contributed by atoms with Crippen LogP contribution in [0.4, 0.5) is 5.69 Å². The number of aromatic nitrogens is 5. The number of hydrogen-bond acceptors (Lipinski definition) is 5. The van der Waals surface area contributed by atoms with Crippen molar-refractivity contribution >= 4 is 23.4 Å². The van der Waals surface area contributed by atoms with Gasteiger partial charge in [0.2, 0.25) is 5.91 Å². The number of nitrogens with zero attached hydrogens (tertiary/aromatic N) is 5. The zero-order chi connectivity index (χ0) is 24.6. The summed E-state index contributed by atoms with van der Waals surface area (Å²) in [7, 11) is 1.88. The summed E-state index contributed by atoms with van der Waals surface area (Å²) < 4.78 is 4.06. The second kappa shape index (κ2) is 9.56. The van der Waals surface area contributed by atoms with E-state index in [-0.39, 0.29) is 16.6 Å². The number of benzene rings is 1. The molecular weight excluding hydrogens is 444 g/mol. The Balaban J connectivity index is 1.59. The molecule has 0 saturated heterocycles. The molecule has 8 heteroatoms. The largest absolute Gasteiger partial charge is 0.322 e. The lowest BCUT2D eigenvalue weighted by Crippen LogP contribution is -2.24. The van der Waals surface area contributed by atoms with Gasteiger partial charge in [0.05, 0.1) is 22.3 Å². The van der Waals surface area contributed by atoms with Gasteiger partial charge in [0.1, 0.15) is 0 Å². The molecule has 1 saturated carbocycles. The lowest BCUT2D eigenvalue weighted by Gasteiger charge is -2.20. The van der Waals surface area contributed by atoms with E-state index >= 15 is 0 Å². The summed E-state index contributed by atoms with van der Waals surface area (Å²) in [5, 5.41) is 17.1. The predicted octanol–water partition coefficient (Wildman–Crippen LogP) is 5.83. The van der Waals surface area contributed by atoms with Crippen molar-refractivity contribution in [3.8, 4) is 11.4 Å². The van der Waals surface area contributed by atoms with Crippen molar-refractivity contribution in [1.29, 1.82) is 0 Å². The van der Waals surface area contributed by atoms with Crippen LogP contribution >= 0.6 is 11.8 Å². The minimum absolute atomic E-state index is 0.0544. The molecule has 0 bridgehead atoms. The maximum absolute atomic E-state index is 13.0. The zero-order valence-electron chi connectivity index (χ0n) is 21.3. The summed E-state index contributed by atoms with van der Waals surface area (Å²) in [5.41, 5.74) is 5.02. The van der Waals surface area contributed by atoms with Crippen LogP contribution in [0.5, 0.6) is 0 Å². The van der Waals surface area contributed by atoms with E-state index in [0.717, 1.165) is 46.5 Å². The van der Waals surface area contributed by atoms with E-state index in [2.05, 4.69) is 70.2 Å². The normalized spacial score (nSPS) is 15.6. The quantitative estimate of drug-likeness (QED) is 0.449. The first-order valence-corrected chi connectivity index (χ1v) is 13.0. The number of carbonyl (C=O) groups is 1. The lowest BCUT2D eigenvalue weighted by atomic mass is 9.86. The molecule has 0 aliphatic heterocycles. The van der Waals surface area contributed by atoms with Crippen LogP contribution in [0.15, 0.2) is 29.4 Å². The standard InChI is InChI=1S/C26H36N6OS/c1-16-22(17(2)31(7)30-16)27-24(33)18(3)34-25-29-28-23(32(25)21-10-8-9-11-21)19-12-14-20(15-13-19)26(4,5)6/h12-15,18,21H,8-11H2,1-7H3,(H,27,33). The van der Waals surface area contributed by atoms with Gasteiger partial charge in [-0.1, -0.05) is 69.6 Å². The number of amides is 1. The molecule has 3 aromatic rings. The van der Waals surface area contributed by atoms with Gasteiger partial charge in [-0.3, -0.25) is 14.0 Å². The molecule has 7 nitrogen and oxygen atoms in total. The minimum atomic E-state index is -0.320. The second-order valence-corrected chi connectivity index (χ2v) is 11.7. The van der Waals surface area contributed by atoms with Crippen LogP contribution in [0.2, 0.25) is 0 Å². The summed E-state index contributed by atoms with van der Waals surface area (Å²) in [5.74, 6) is 0.836. The Morgan fingerprint density at radius 2 is 1.76 bits per heavy atom. The predicted molar refractivity (Wildman–Crippen MR) is 138 cm³/mol. The van der Waals surface area contributed by atoms with Crippen LogP contribution in [0, 0.1) is 13.8 Å². The highest BCUT2D eigenvalue weighted by Gasteiger charge is 2.28. The number of carbonyl (C=O) groups excluding carboxylic acids is 1. The second-order valence-electron chi connectivity index (χ2n) is 10.4. The first-order valence-electron chi connectivity index (χ1n) is 12.1. The summed E-state index contributed by atoms with van der Waals surface area (Å²) in [6.07, 6.45) is 4.66. The summed E-state index contributed by atoms with van der Waals surface area (Å²) >= 11 is 1.48. The molecule has 1 aromatic carbocycles. The lowest BCUT2D eigenvalue weighted by molar-refractivity contribution is -0.115. The molecule has 1 fully saturated rings. The average molecular weight is 481 g/mol. The Morgan fingerprint density at radius 1 is 1.12 bits per heavy atom. The first kappa shape index (κ1) is 24.5. The van der Waals surface area contributed by atoms with Gasteiger partial charge in [0.15, 0.2) is 11.0 Å². The Morgan fingerprint density at radius 3 is 2.32 bits per heavy atom. The van der Waals surface area contributed by atoms with E-state index in [9.17, 15) is 4.79 Å². The molecule has 0 spiro atoms. The van der Waals surface area contributed by atoms with Crippen molar-refractivity contribution in [2.75, 3.05) is 5.32 Å². The Kier molecular flexibility index (Phi) is 6.90. The van der Waals surface area contributed by atoms with E-state index in [1.54, 1.807) is 4.68 Å². The third-order valence-electron chi connectivity index (χ3n) is 6.77. The van der Waals surface area contributed by atoms with Gasteiger partial charge in [-0.15, -0.1) is 10.2 Å². The number of hydrogen-bond donors (Lipinski definition) is 1. The number of thioether (sulfide) groups is 1. The molecule has 1 N–H and O–H groups in total. The van der Waals surface area contributed by atoms with Gasteiger partial charge in [0, 0.05) is 18.7 Å². The molecule has 1 aliphatic carbocycles. The topological polar surface area (TPSA) is 77.6 Å². The van der Waals surface area contributed by atoms with Crippen LogP contribution < -0.4 is 5.32 Å². The molecule has 0 radical (unpaired) electrons. The molecule has 4 rings (SSSR count). The van der Waals surface area contributed by atoms with Crippen LogP contribution in [0.25, 0.3) is 11.4 Å². The van der Waals surface area contributed by atoms with Crippen molar-refractivity contribution < 1.29 is 4.79 Å². The first-order chi connectivity index (χ1) is 16.1. The zero-order valence-corrected chi connectivity index (χ0v) is 22.2. The van der Waals surface area contributed by atoms with E-state index in [1.165, 1.54) is 30.2 Å². The van der Waals surface area contributed by atoms with E-state index in [1.807, 2.05) is 27.8 Å². The van der Waals surface area contributed by atoms with Crippen molar-refractivity contribution in [3.63, 3.8) is 0 Å². The summed E-state index contributed by atoms with van der Waals surface area (Å²) in [4.78, 5) is 13.0. The number of anilines is 1. The van der Waals surface area contributed by atoms with E-state index in [0.29, 0.717) is 6.04 Å². The number of rotatable bonds is 6. The Hall–Kier alpha value is -2.61. The Labute approximate surface area is 206 Å². The van der Waals surface area contributed by atoms with E-state index < -0.39 is 0 Å². The fourth-order valence-corrected chi connectivity index (χ4v) is 5.48. The van der Waals surface area contributed by atoms with E-state index in [4.69, 9.17) is 0 Å². The maximum Gasteiger partial charge on any atom is 0.237 e. The molecule has 1 atom stereocenters. The van der Waals surface area contributed by atoms with Crippen molar-refractivity contribution in [3.05, 3.63) is 41.2 Å². The van der Waals surface area contributed by atoms with Gasteiger partial charge in [-0.25, -0.2) is 0 Å². The molecule has 2 aromatic heterocycles. The minimum Gasteiger partial charge on any atom is -0.322 e. The third kappa shape index (κ3) is 4.92. The van der Waals surface area contributed by atoms with Gasteiger partial charge in [-0.2, -0.15) is 5.10 Å². The molecule has 182 valence electrons. The molecule has 1 aliphatic rings. The van der Waals surface area contributed by atoms with Crippen LogP contribution in [0.1, 0.15) is 76.4 Å². The molecule has 2 heterocycles. The number of aryl methyl sites for hydroxylation is 2. The fourth-order valence-electron chi connectivity index (χ4n) is 4.56. The molecular formula is C26H36N6OS. The Bertz CT molecular complexity index is 1170. The molecule has 1 unspecified atom stereocenters. The van der Waals surface area contributed by atoms with Crippen LogP contribution in [0.3, 0.4) is 0 Å². The van der Waals surface area contributed by atoms with Gasteiger partial charge < -0.3 is 5.32 Å². The third-order valence-corrected chi connectivity index (χ3v) is 7.83. The van der Waals surface area contributed by atoms with Gasteiger partial charge >= 0.3 is 0 Å². The maximum atomic E-state index is 13.0. The smallest absolute Gasteiger partial charge is 0.237 e. The van der Waals surface area contributed by atoms with Crippen LogP contribution in [-0.2, 0) is 17.3 Å². The SMILES string of the molecule is Cc1nn(C)c(C)c1NC(=O)C(C)Sc1nnc(-c2ccc(C(C)(C)C)cc2)n1C1CCCC1. The van der Waals surface area contributed by atoms with Crippen molar-refractivity contribution in [2.24, 2.45) is 7.05 Å². The highest BCUT2D eigenvalue weighted by atomic mass is 32.2. The highest BCUT2D eigenvalue weighted by Crippen LogP contribution is 2.38. The highest BCUT2D eigenvalue weighted by molar-refractivity contribution is 8.00. The van der Waals surface area contributed by atoms with Gasteiger partial charge in [0.25, 0.3) is 0 Å². The van der Waals surface area contributed by atoms with Crippen LogP contribution in [-0.4, -0.2) is 35.7 Å². The summed E-state index contributed by atoms with van der Waals surface area (Å²) in [6.45, 7) is 12.5.